The topological polar surface area (TPSA) is 80.1 Å². The first-order valence-electron chi connectivity index (χ1n) is 8.96. The minimum absolute atomic E-state index is 0. The molecular formula is C17H22ClF2N5O2S. The van der Waals surface area contributed by atoms with Gasteiger partial charge in [-0.2, -0.15) is 4.31 Å². The molecule has 1 aromatic carbocycles. The van der Waals surface area contributed by atoms with Crippen LogP contribution < -0.4 is 5.32 Å². The van der Waals surface area contributed by atoms with Gasteiger partial charge in [0.15, 0.2) is 0 Å². The van der Waals surface area contributed by atoms with E-state index in [0.717, 1.165) is 36.9 Å². The summed E-state index contributed by atoms with van der Waals surface area (Å²) in [6.45, 7) is 4.20. The van der Waals surface area contributed by atoms with Gasteiger partial charge in [0.2, 0.25) is 10.0 Å². The van der Waals surface area contributed by atoms with Gasteiger partial charge in [-0.3, -0.25) is 0 Å². The molecular weight excluding hydrogens is 412 g/mol. The minimum atomic E-state index is -4.08. The van der Waals surface area contributed by atoms with Crippen molar-refractivity contribution in [1.29, 1.82) is 0 Å². The Morgan fingerprint density at radius 1 is 1.11 bits per heavy atom. The summed E-state index contributed by atoms with van der Waals surface area (Å²) < 4.78 is 56.8. The highest BCUT2D eigenvalue weighted by Crippen LogP contribution is 2.31. The van der Waals surface area contributed by atoms with E-state index < -0.39 is 26.6 Å². The van der Waals surface area contributed by atoms with Gasteiger partial charge in [-0.05, 0) is 37.5 Å². The van der Waals surface area contributed by atoms with Crippen LogP contribution in [0.3, 0.4) is 0 Å². The lowest BCUT2D eigenvalue weighted by Gasteiger charge is -2.31. The van der Waals surface area contributed by atoms with Crippen molar-refractivity contribution in [3.8, 4) is 0 Å². The SMILES string of the molecule is Cc1cc(F)c(S(=O)(=O)N2CCC(c3nnc4n3CCNC4)CC2)cc1F.Cl. The number of piperidine rings is 1. The molecule has 0 saturated carbocycles. The Bertz CT molecular complexity index is 974. The van der Waals surface area contributed by atoms with E-state index in [1.54, 1.807) is 0 Å². The van der Waals surface area contributed by atoms with Crippen LogP contribution in [0.1, 0.15) is 36.0 Å². The highest BCUT2D eigenvalue weighted by atomic mass is 35.5. The van der Waals surface area contributed by atoms with E-state index in [-0.39, 0.29) is 37.0 Å². The molecule has 0 aliphatic carbocycles. The Hall–Kier alpha value is -1.62. The first-order chi connectivity index (χ1) is 12.9. The van der Waals surface area contributed by atoms with E-state index in [1.165, 1.54) is 11.2 Å². The molecule has 2 aromatic rings. The molecule has 0 unspecified atom stereocenters. The number of fused-ring (bicyclic) bond motifs is 1. The third kappa shape index (κ3) is 3.66. The molecule has 0 bridgehead atoms. The fourth-order valence-corrected chi connectivity index (χ4v) is 5.26. The second-order valence-electron chi connectivity index (χ2n) is 7.01. The van der Waals surface area contributed by atoms with Crippen molar-refractivity contribution in [2.75, 3.05) is 19.6 Å². The van der Waals surface area contributed by atoms with Crippen molar-refractivity contribution in [1.82, 2.24) is 24.4 Å². The molecule has 1 saturated heterocycles. The number of hydrogen-bond acceptors (Lipinski definition) is 5. The lowest BCUT2D eigenvalue weighted by Crippen LogP contribution is -2.39. The molecule has 7 nitrogen and oxygen atoms in total. The van der Waals surface area contributed by atoms with Gasteiger partial charge in [0.1, 0.15) is 28.2 Å². The quantitative estimate of drug-likeness (QED) is 0.800. The lowest BCUT2D eigenvalue weighted by molar-refractivity contribution is 0.306. The van der Waals surface area contributed by atoms with Gasteiger partial charge < -0.3 is 9.88 Å². The first kappa shape index (κ1) is 21.1. The molecule has 0 radical (unpaired) electrons. The largest absolute Gasteiger partial charge is 0.312 e. The molecule has 3 heterocycles. The Morgan fingerprint density at radius 2 is 1.82 bits per heavy atom. The summed E-state index contributed by atoms with van der Waals surface area (Å²) in [4.78, 5) is -0.602. The summed E-state index contributed by atoms with van der Waals surface area (Å²) in [5, 5.41) is 11.7. The van der Waals surface area contributed by atoms with Gasteiger partial charge in [-0.15, -0.1) is 22.6 Å². The van der Waals surface area contributed by atoms with Crippen LogP contribution in [0.5, 0.6) is 0 Å². The number of nitrogens with one attached hydrogen (secondary N) is 1. The van der Waals surface area contributed by atoms with Crippen LogP contribution in [0, 0.1) is 18.6 Å². The van der Waals surface area contributed by atoms with E-state index in [1.807, 2.05) is 0 Å². The van der Waals surface area contributed by atoms with E-state index in [2.05, 4.69) is 20.1 Å². The molecule has 2 aliphatic rings. The van der Waals surface area contributed by atoms with Crippen LogP contribution in [-0.4, -0.2) is 47.1 Å². The molecule has 4 rings (SSSR count). The Balaban J connectivity index is 0.00000225. The van der Waals surface area contributed by atoms with Gasteiger partial charge in [0.05, 0.1) is 6.54 Å². The fraction of sp³-hybridized carbons (Fsp3) is 0.529. The van der Waals surface area contributed by atoms with E-state index in [0.29, 0.717) is 19.4 Å². The number of rotatable bonds is 3. The number of aryl methyl sites for hydroxylation is 1. The van der Waals surface area contributed by atoms with Gasteiger partial charge in [-0.1, -0.05) is 0 Å². The van der Waals surface area contributed by atoms with Crippen molar-refractivity contribution < 1.29 is 17.2 Å². The second-order valence-corrected chi connectivity index (χ2v) is 8.92. The third-order valence-electron chi connectivity index (χ3n) is 5.30. The maximum Gasteiger partial charge on any atom is 0.246 e. The zero-order valence-corrected chi connectivity index (χ0v) is 17.0. The van der Waals surface area contributed by atoms with Gasteiger partial charge in [0.25, 0.3) is 0 Å². The Labute approximate surface area is 168 Å². The zero-order valence-electron chi connectivity index (χ0n) is 15.4. The number of sulfonamides is 1. The summed E-state index contributed by atoms with van der Waals surface area (Å²) in [5.74, 6) is 0.235. The number of nitrogens with zero attached hydrogens (tertiary/aromatic N) is 4. The predicted molar refractivity (Wildman–Crippen MR) is 101 cm³/mol. The van der Waals surface area contributed by atoms with Crippen LogP contribution >= 0.6 is 12.4 Å². The second kappa shape index (κ2) is 8.02. The van der Waals surface area contributed by atoms with Gasteiger partial charge in [-0.25, -0.2) is 17.2 Å². The van der Waals surface area contributed by atoms with Crippen molar-refractivity contribution in [3.05, 3.63) is 41.0 Å². The summed E-state index contributed by atoms with van der Waals surface area (Å²) >= 11 is 0. The molecule has 0 amide bonds. The molecule has 1 aromatic heterocycles. The molecule has 0 atom stereocenters. The fourth-order valence-electron chi connectivity index (χ4n) is 3.74. The van der Waals surface area contributed by atoms with Crippen molar-refractivity contribution in [2.45, 2.75) is 43.7 Å². The highest BCUT2D eigenvalue weighted by Gasteiger charge is 2.34. The van der Waals surface area contributed by atoms with Gasteiger partial charge >= 0.3 is 0 Å². The molecule has 28 heavy (non-hydrogen) atoms. The smallest absolute Gasteiger partial charge is 0.246 e. The Morgan fingerprint density at radius 3 is 2.54 bits per heavy atom. The van der Waals surface area contributed by atoms with E-state index in [4.69, 9.17) is 0 Å². The maximum atomic E-state index is 14.2. The van der Waals surface area contributed by atoms with Crippen molar-refractivity contribution in [3.63, 3.8) is 0 Å². The van der Waals surface area contributed by atoms with E-state index >= 15 is 0 Å². The van der Waals surface area contributed by atoms with Crippen molar-refractivity contribution in [2.24, 2.45) is 0 Å². The number of benzene rings is 1. The number of halogens is 3. The van der Waals surface area contributed by atoms with Crippen LogP contribution in [0.2, 0.25) is 0 Å². The standard InChI is InChI=1S/C17H21F2N5O2S.ClH/c1-11-8-14(19)15(9-13(11)18)27(25,26)23-5-2-12(3-6-23)17-22-21-16-10-20-4-7-24(16)17;/h8-9,12,20H,2-7,10H2,1H3;1H. The molecule has 11 heteroatoms. The lowest BCUT2D eigenvalue weighted by atomic mass is 9.97. The van der Waals surface area contributed by atoms with Crippen LogP contribution in [-0.2, 0) is 23.1 Å². The normalized spacial score (nSPS) is 18.5. The van der Waals surface area contributed by atoms with Gasteiger partial charge in [0, 0.05) is 32.1 Å². The summed E-state index contributed by atoms with van der Waals surface area (Å²) in [5.41, 5.74) is 0.0798. The molecule has 0 spiro atoms. The third-order valence-corrected chi connectivity index (χ3v) is 7.22. The Kier molecular flexibility index (Phi) is 6.04. The van der Waals surface area contributed by atoms with Crippen molar-refractivity contribution >= 4 is 22.4 Å². The van der Waals surface area contributed by atoms with Crippen LogP contribution in [0.25, 0.3) is 0 Å². The molecule has 154 valence electrons. The molecule has 1 fully saturated rings. The monoisotopic (exact) mass is 433 g/mol. The summed E-state index contributed by atoms with van der Waals surface area (Å²) in [6.07, 6.45) is 1.14. The number of hydrogen-bond donors (Lipinski definition) is 1. The number of aromatic nitrogens is 3. The van der Waals surface area contributed by atoms with Crippen LogP contribution in [0.15, 0.2) is 17.0 Å². The maximum absolute atomic E-state index is 14.2. The first-order valence-corrected chi connectivity index (χ1v) is 10.4. The van der Waals surface area contributed by atoms with E-state index in [9.17, 15) is 17.2 Å². The average Bonchev–Trinajstić information content (AvgIpc) is 3.09. The van der Waals surface area contributed by atoms with Crippen LogP contribution in [0.4, 0.5) is 8.78 Å². The predicted octanol–water partition coefficient (Wildman–Crippen LogP) is 1.96. The molecule has 2 aliphatic heterocycles. The zero-order chi connectivity index (χ0) is 19.2. The average molecular weight is 434 g/mol. The summed E-state index contributed by atoms with van der Waals surface area (Å²) in [6, 6.07) is 1.69. The summed E-state index contributed by atoms with van der Waals surface area (Å²) in [7, 11) is -4.08. The minimum Gasteiger partial charge on any atom is -0.312 e. The highest BCUT2D eigenvalue weighted by molar-refractivity contribution is 7.89. The molecule has 1 N–H and O–H groups in total.